The van der Waals surface area contributed by atoms with Crippen molar-refractivity contribution in [2.24, 2.45) is 11.0 Å². The van der Waals surface area contributed by atoms with Gasteiger partial charge in [-0.1, -0.05) is 13.8 Å². The van der Waals surface area contributed by atoms with Gasteiger partial charge in [0.1, 0.15) is 0 Å². The summed E-state index contributed by atoms with van der Waals surface area (Å²) in [5.74, 6) is 0.154. The van der Waals surface area contributed by atoms with Crippen LogP contribution in [0.1, 0.15) is 31.1 Å². The SMILES string of the molecule is CC(=NNC(=O)c1ccc(N(C)C)cc1)C(C)C. The molecule has 18 heavy (non-hydrogen) atoms. The summed E-state index contributed by atoms with van der Waals surface area (Å²) in [7, 11) is 3.93. The number of nitrogens with zero attached hydrogens (tertiary/aromatic N) is 2. The van der Waals surface area contributed by atoms with Gasteiger partial charge >= 0.3 is 0 Å². The van der Waals surface area contributed by atoms with Crippen LogP contribution >= 0.6 is 0 Å². The zero-order valence-corrected chi connectivity index (χ0v) is 11.7. The van der Waals surface area contributed by atoms with Crippen molar-refractivity contribution in [1.82, 2.24) is 5.43 Å². The van der Waals surface area contributed by atoms with E-state index in [9.17, 15) is 4.79 Å². The molecule has 1 amide bonds. The Hall–Kier alpha value is -1.84. The van der Waals surface area contributed by atoms with Crippen molar-refractivity contribution in [3.05, 3.63) is 29.8 Å². The van der Waals surface area contributed by atoms with Crippen LogP contribution in [0.2, 0.25) is 0 Å². The van der Waals surface area contributed by atoms with Crippen molar-refractivity contribution in [3.8, 4) is 0 Å². The Bertz CT molecular complexity index is 433. The third-order valence-corrected chi connectivity index (χ3v) is 2.82. The maximum atomic E-state index is 11.8. The lowest BCUT2D eigenvalue weighted by Gasteiger charge is -2.12. The van der Waals surface area contributed by atoms with Gasteiger partial charge < -0.3 is 4.90 Å². The lowest BCUT2D eigenvalue weighted by molar-refractivity contribution is 0.0954. The van der Waals surface area contributed by atoms with Crippen LogP contribution in [0.5, 0.6) is 0 Å². The second-order valence-corrected chi connectivity index (χ2v) is 4.79. The highest BCUT2D eigenvalue weighted by molar-refractivity contribution is 5.95. The molecule has 0 unspecified atom stereocenters. The molecule has 0 atom stereocenters. The van der Waals surface area contributed by atoms with E-state index in [-0.39, 0.29) is 5.91 Å². The van der Waals surface area contributed by atoms with Gasteiger partial charge in [-0.3, -0.25) is 4.79 Å². The number of anilines is 1. The first-order chi connectivity index (χ1) is 8.41. The van der Waals surface area contributed by atoms with Crippen LogP contribution < -0.4 is 10.3 Å². The molecular formula is C14H21N3O. The van der Waals surface area contributed by atoms with Gasteiger partial charge in [-0.25, -0.2) is 5.43 Å². The Morgan fingerprint density at radius 2 is 1.78 bits per heavy atom. The van der Waals surface area contributed by atoms with E-state index in [0.717, 1.165) is 11.4 Å². The van der Waals surface area contributed by atoms with Gasteiger partial charge in [0.2, 0.25) is 0 Å². The molecule has 0 saturated carbocycles. The van der Waals surface area contributed by atoms with E-state index in [1.54, 1.807) is 12.1 Å². The zero-order valence-electron chi connectivity index (χ0n) is 11.7. The van der Waals surface area contributed by atoms with Gasteiger partial charge in [0.25, 0.3) is 5.91 Å². The van der Waals surface area contributed by atoms with Crippen molar-refractivity contribution >= 4 is 17.3 Å². The Morgan fingerprint density at radius 1 is 1.22 bits per heavy atom. The average molecular weight is 247 g/mol. The number of hydrogen-bond donors (Lipinski definition) is 1. The van der Waals surface area contributed by atoms with Crippen LogP contribution in [0.3, 0.4) is 0 Å². The van der Waals surface area contributed by atoms with E-state index < -0.39 is 0 Å². The Morgan fingerprint density at radius 3 is 2.22 bits per heavy atom. The molecule has 0 aliphatic rings. The second kappa shape index (κ2) is 6.19. The first-order valence-corrected chi connectivity index (χ1v) is 6.03. The van der Waals surface area contributed by atoms with Crippen molar-refractivity contribution < 1.29 is 4.79 Å². The fourth-order valence-electron chi connectivity index (χ4n) is 1.24. The standard InChI is InChI=1S/C14H21N3O/c1-10(2)11(3)15-16-14(18)12-6-8-13(9-7-12)17(4)5/h6-10H,1-5H3,(H,16,18). The third-order valence-electron chi connectivity index (χ3n) is 2.82. The predicted molar refractivity (Wildman–Crippen MR) is 76.2 cm³/mol. The molecule has 0 bridgehead atoms. The quantitative estimate of drug-likeness (QED) is 0.656. The first kappa shape index (κ1) is 14.2. The Kier molecular flexibility index (Phi) is 4.89. The summed E-state index contributed by atoms with van der Waals surface area (Å²) in [6.45, 7) is 5.98. The Labute approximate surface area is 109 Å². The summed E-state index contributed by atoms with van der Waals surface area (Å²) >= 11 is 0. The average Bonchev–Trinajstić information content (AvgIpc) is 2.35. The van der Waals surface area contributed by atoms with E-state index >= 15 is 0 Å². The van der Waals surface area contributed by atoms with E-state index in [4.69, 9.17) is 0 Å². The predicted octanol–water partition coefficient (Wildman–Crippen LogP) is 2.51. The summed E-state index contributed by atoms with van der Waals surface area (Å²) < 4.78 is 0. The molecule has 0 spiro atoms. The molecular weight excluding hydrogens is 226 g/mol. The number of benzene rings is 1. The zero-order chi connectivity index (χ0) is 13.7. The number of carbonyl (C=O) groups excluding carboxylic acids is 1. The van der Waals surface area contributed by atoms with E-state index in [1.807, 2.05) is 51.9 Å². The lowest BCUT2D eigenvalue weighted by Crippen LogP contribution is -2.20. The summed E-state index contributed by atoms with van der Waals surface area (Å²) in [4.78, 5) is 13.8. The van der Waals surface area contributed by atoms with Crippen LogP contribution in [0.25, 0.3) is 0 Å². The minimum Gasteiger partial charge on any atom is -0.378 e. The first-order valence-electron chi connectivity index (χ1n) is 6.03. The number of amides is 1. The summed E-state index contributed by atoms with van der Waals surface area (Å²) in [6.07, 6.45) is 0. The summed E-state index contributed by atoms with van der Waals surface area (Å²) in [5, 5.41) is 4.06. The highest BCUT2D eigenvalue weighted by atomic mass is 16.2. The van der Waals surface area contributed by atoms with Crippen LogP contribution in [0.15, 0.2) is 29.4 Å². The van der Waals surface area contributed by atoms with Crippen LogP contribution in [0, 0.1) is 5.92 Å². The molecule has 0 aliphatic carbocycles. The Balaban J connectivity index is 2.71. The molecule has 0 aromatic heterocycles. The summed E-state index contributed by atoms with van der Waals surface area (Å²) in [6, 6.07) is 7.41. The molecule has 0 heterocycles. The van der Waals surface area contributed by atoms with Crippen LogP contribution in [-0.2, 0) is 0 Å². The monoisotopic (exact) mass is 247 g/mol. The largest absolute Gasteiger partial charge is 0.378 e. The maximum Gasteiger partial charge on any atom is 0.271 e. The molecule has 1 aromatic rings. The second-order valence-electron chi connectivity index (χ2n) is 4.79. The smallest absolute Gasteiger partial charge is 0.271 e. The molecule has 0 radical (unpaired) electrons. The van der Waals surface area contributed by atoms with Gasteiger partial charge in [-0.2, -0.15) is 5.10 Å². The van der Waals surface area contributed by atoms with E-state index in [2.05, 4.69) is 10.5 Å². The number of rotatable bonds is 4. The minimum atomic E-state index is -0.180. The molecule has 4 heteroatoms. The molecule has 1 rings (SSSR count). The molecule has 0 saturated heterocycles. The number of carbonyl (C=O) groups is 1. The molecule has 0 aliphatic heterocycles. The maximum absolute atomic E-state index is 11.8. The molecule has 0 fully saturated rings. The minimum absolute atomic E-state index is 0.180. The van der Waals surface area contributed by atoms with Crippen molar-refractivity contribution in [2.45, 2.75) is 20.8 Å². The molecule has 98 valence electrons. The molecule has 1 aromatic carbocycles. The fraction of sp³-hybridized carbons (Fsp3) is 0.429. The van der Waals surface area contributed by atoms with Crippen LogP contribution in [-0.4, -0.2) is 25.7 Å². The summed E-state index contributed by atoms with van der Waals surface area (Å²) in [5.41, 5.74) is 5.15. The van der Waals surface area contributed by atoms with Gasteiger partial charge in [0.15, 0.2) is 0 Å². The van der Waals surface area contributed by atoms with Crippen LogP contribution in [0.4, 0.5) is 5.69 Å². The van der Waals surface area contributed by atoms with Gasteiger partial charge in [0.05, 0.1) is 0 Å². The topological polar surface area (TPSA) is 44.7 Å². The van der Waals surface area contributed by atoms with E-state index in [1.165, 1.54) is 0 Å². The number of hydrazone groups is 1. The number of hydrogen-bond acceptors (Lipinski definition) is 3. The highest BCUT2D eigenvalue weighted by Gasteiger charge is 2.05. The highest BCUT2D eigenvalue weighted by Crippen LogP contribution is 2.12. The molecule has 4 nitrogen and oxygen atoms in total. The van der Waals surface area contributed by atoms with Crippen molar-refractivity contribution in [1.29, 1.82) is 0 Å². The molecule has 1 N–H and O–H groups in total. The van der Waals surface area contributed by atoms with Gasteiger partial charge in [-0.05, 0) is 37.1 Å². The van der Waals surface area contributed by atoms with Gasteiger partial charge in [-0.15, -0.1) is 0 Å². The number of nitrogens with one attached hydrogen (secondary N) is 1. The van der Waals surface area contributed by atoms with Crippen molar-refractivity contribution in [2.75, 3.05) is 19.0 Å². The fourth-order valence-corrected chi connectivity index (χ4v) is 1.24. The lowest BCUT2D eigenvalue weighted by atomic mass is 10.1. The van der Waals surface area contributed by atoms with E-state index in [0.29, 0.717) is 11.5 Å². The third kappa shape index (κ3) is 3.87. The normalized spacial score (nSPS) is 11.6. The van der Waals surface area contributed by atoms with Gasteiger partial charge in [0, 0.05) is 31.1 Å². The van der Waals surface area contributed by atoms with Crippen molar-refractivity contribution in [3.63, 3.8) is 0 Å².